The van der Waals surface area contributed by atoms with E-state index in [1.54, 1.807) is 6.26 Å². The highest BCUT2D eigenvalue weighted by Gasteiger charge is 2.07. The Hall–Kier alpha value is -2.59. The van der Waals surface area contributed by atoms with Crippen LogP contribution in [-0.4, -0.2) is 16.9 Å². The van der Waals surface area contributed by atoms with Gasteiger partial charge in [0, 0.05) is 18.8 Å². The number of aromatic nitrogens is 1. The highest BCUT2D eigenvalue weighted by Crippen LogP contribution is 2.15. The van der Waals surface area contributed by atoms with Gasteiger partial charge in [0.2, 0.25) is 0 Å². The van der Waals surface area contributed by atoms with E-state index < -0.39 is 0 Å². The molecule has 124 valence electrons. The van der Waals surface area contributed by atoms with Crippen LogP contribution < -0.4 is 5.32 Å². The summed E-state index contributed by atoms with van der Waals surface area (Å²) in [6, 6.07) is 18.5. The average molecular weight is 321 g/mol. The first-order valence-electron chi connectivity index (χ1n) is 8.16. The maximum Gasteiger partial charge on any atom is 0.126 e. The first-order chi connectivity index (χ1) is 11.7. The highest BCUT2D eigenvalue weighted by atomic mass is 16.3. The van der Waals surface area contributed by atoms with E-state index >= 15 is 0 Å². The van der Waals surface area contributed by atoms with Crippen LogP contribution in [0.3, 0.4) is 0 Å². The van der Waals surface area contributed by atoms with E-state index in [0.717, 1.165) is 36.9 Å². The summed E-state index contributed by atoms with van der Waals surface area (Å²) >= 11 is 0. The molecule has 0 saturated heterocycles. The molecule has 4 nitrogen and oxygen atoms in total. The number of nitrogens with zero attached hydrogens (tertiary/aromatic N) is 2. The van der Waals surface area contributed by atoms with Gasteiger partial charge in [-0.1, -0.05) is 30.3 Å². The summed E-state index contributed by atoms with van der Waals surface area (Å²) in [6.45, 7) is 4.44. The quantitative estimate of drug-likeness (QED) is 0.707. The van der Waals surface area contributed by atoms with E-state index in [1.165, 1.54) is 11.1 Å². The summed E-state index contributed by atoms with van der Waals surface area (Å²) in [5.41, 5.74) is 3.62. The van der Waals surface area contributed by atoms with Crippen LogP contribution in [0.15, 0.2) is 65.3 Å². The smallest absolute Gasteiger partial charge is 0.126 e. The Morgan fingerprint density at radius 1 is 0.958 bits per heavy atom. The summed E-state index contributed by atoms with van der Waals surface area (Å²) in [7, 11) is 2.11. The molecular formula is C20H23N3O. The molecule has 1 N–H and O–H groups in total. The van der Waals surface area contributed by atoms with E-state index in [4.69, 9.17) is 4.42 Å². The molecule has 2 aromatic heterocycles. The molecule has 0 aliphatic rings. The minimum absolute atomic E-state index is 0.765. The van der Waals surface area contributed by atoms with E-state index in [1.807, 2.05) is 37.3 Å². The van der Waals surface area contributed by atoms with Crippen molar-refractivity contribution in [2.24, 2.45) is 0 Å². The molecule has 24 heavy (non-hydrogen) atoms. The van der Waals surface area contributed by atoms with Crippen molar-refractivity contribution in [3.05, 3.63) is 83.4 Å². The standard InChI is InChI=1S/C20H23N3O/c1-16-7-5-11-20(22-16)21-13-17-8-3-4-9-18(17)14-23(2)15-19-10-6-12-24-19/h3-12H,13-15H2,1-2H3,(H,21,22). The number of aryl methyl sites for hydroxylation is 1. The Balaban J connectivity index is 1.64. The van der Waals surface area contributed by atoms with Gasteiger partial charge in [0.25, 0.3) is 0 Å². The van der Waals surface area contributed by atoms with Crippen LogP contribution >= 0.6 is 0 Å². The van der Waals surface area contributed by atoms with Gasteiger partial charge in [-0.05, 0) is 49.4 Å². The Bertz CT molecular complexity index is 768. The van der Waals surface area contributed by atoms with Crippen LogP contribution in [0.2, 0.25) is 0 Å². The molecule has 0 spiro atoms. The lowest BCUT2D eigenvalue weighted by Gasteiger charge is -2.18. The molecule has 3 aromatic rings. The van der Waals surface area contributed by atoms with Gasteiger partial charge in [0.05, 0.1) is 12.8 Å². The molecule has 0 aliphatic heterocycles. The van der Waals surface area contributed by atoms with Gasteiger partial charge >= 0.3 is 0 Å². The zero-order chi connectivity index (χ0) is 16.8. The van der Waals surface area contributed by atoms with Crippen LogP contribution in [0.1, 0.15) is 22.6 Å². The van der Waals surface area contributed by atoms with Crippen molar-refractivity contribution in [2.45, 2.75) is 26.6 Å². The Labute approximate surface area is 143 Å². The Morgan fingerprint density at radius 2 is 1.79 bits per heavy atom. The number of hydrogen-bond donors (Lipinski definition) is 1. The van der Waals surface area contributed by atoms with Gasteiger partial charge in [-0.2, -0.15) is 0 Å². The van der Waals surface area contributed by atoms with E-state index in [-0.39, 0.29) is 0 Å². The molecule has 4 heteroatoms. The molecule has 0 fully saturated rings. The van der Waals surface area contributed by atoms with Gasteiger partial charge in [-0.15, -0.1) is 0 Å². The molecule has 0 saturated carbocycles. The van der Waals surface area contributed by atoms with Crippen molar-refractivity contribution in [3.8, 4) is 0 Å². The number of hydrogen-bond acceptors (Lipinski definition) is 4. The minimum atomic E-state index is 0.765. The summed E-state index contributed by atoms with van der Waals surface area (Å²) in [6.07, 6.45) is 1.72. The minimum Gasteiger partial charge on any atom is -0.468 e. The fourth-order valence-corrected chi connectivity index (χ4v) is 2.73. The maximum atomic E-state index is 5.43. The number of pyridine rings is 1. The summed E-state index contributed by atoms with van der Waals surface area (Å²) in [5.74, 6) is 1.89. The van der Waals surface area contributed by atoms with Crippen molar-refractivity contribution >= 4 is 5.82 Å². The third kappa shape index (κ3) is 4.46. The molecule has 1 aromatic carbocycles. The van der Waals surface area contributed by atoms with Crippen molar-refractivity contribution in [1.82, 2.24) is 9.88 Å². The molecule has 2 heterocycles. The van der Waals surface area contributed by atoms with Gasteiger partial charge in [0.15, 0.2) is 0 Å². The predicted molar refractivity (Wildman–Crippen MR) is 96.6 cm³/mol. The largest absolute Gasteiger partial charge is 0.468 e. The molecule has 0 aliphatic carbocycles. The van der Waals surface area contributed by atoms with E-state index in [0.29, 0.717) is 0 Å². The Kier molecular flexibility index (Phi) is 5.29. The van der Waals surface area contributed by atoms with Crippen LogP contribution in [0.4, 0.5) is 5.82 Å². The second kappa shape index (κ2) is 7.79. The highest BCUT2D eigenvalue weighted by molar-refractivity contribution is 5.38. The molecule has 0 bridgehead atoms. The molecule has 3 rings (SSSR count). The second-order valence-corrected chi connectivity index (χ2v) is 6.04. The number of benzene rings is 1. The van der Waals surface area contributed by atoms with Crippen LogP contribution in [0, 0.1) is 6.92 Å². The number of nitrogens with one attached hydrogen (secondary N) is 1. The van der Waals surface area contributed by atoms with Crippen LogP contribution in [-0.2, 0) is 19.6 Å². The van der Waals surface area contributed by atoms with Crippen molar-refractivity contribution in [3.63, 3.8) is 0 Å². The molecule has 0 atom stereocenters. The van der Waals surface area contributed by atoms with E-state index in [9.17, 15) is 0 Å². The van der Waals surface area contributed by atoms with Crippen molar-refractivity contribution in [1.29, 1.82) is 0 Å². The summed E-state index contributed by atoms with van der Waals surface area (Å²) < 4.78 is 5.43. The summed E-state index contributed by atoms with van der Waals surface area (Å²) in [5, 5.41) is 3.41. The number of anilines is 1. The first kappa shape index (κ1) is 16.3. The third-order valence-corrected chi connectivity index (χ3v) is 3.91. The lowest BCUT2D eigenvalue weighted by molar-refractivity contribution is 0.287. The van der Waals surface area contributed by atoms with Crippen molar-refractivity contribution < 1.29 is 4.42 Å². The SMILES string of the molecule is Cc1cccc(NCc2ccccc2CN(C)Cc2ccco2)n1. The third-order valence-electron chi connectivity index (χ3n) is 3.91. The molecule has 0 unspecified atom stereocenters. The van der Waals surface area contributed by atoms with E-state index in [2.05, 4.69) is 46.5 Å². The number of rotatable bonds is 7. The first-order valence-corrected chi connectivity index (χ1v) is 8.16. The normalized spacial score (nSPS) is 11.0. The fourth-order valence-electron chi connectivity index (χ4n) is 2.73. The lowest BCUT2D eigenvalue weighted by Crippen LogP contribution is -2.18. The fraction of sp³-hybridized carbons (Fsp3) is 0.250. The molecule has 0 amide bonds. The van der Waals surface area contributed by atoms with Crippen molar-refractivity contribution in [2.75, 3.05) is 12.4 Å². The number of furan rings is 1. The maximum absolute atomic E-state index is 5.43. The van der Waals surface area contributed by atoms with Gasteiger partial charge in [-0.25, -0.2) is 4.98 Å². The average Bonchev–Trinajstić information content (AvgIpc) is 3.07. The zero-order valence-electron chi connectivity index (χ0n) is 14.2. The van der Waals surface area contributed by atoms with Gasteiger partial charge < -0.3 is 9.73 Å². The molecular weight excluding hydrogens is 298 g/mol. The Morgan fingerprint density at radius 3 is 2.54 bits per heavy atom. The van der Waals surface area contributed by atoms with Gasteiger partial charge in [-0.3, -0.25) is 4.90 Å². The van der Waals surface area contributed by atoms with Crippen LogP contribution in [0.5, 0.6) is 0 Å². The topological polar surface area (TPSA) is 41.3 Å². The van der Waals surface area contributed by atoms with Crippen LogP contribution in [0.25, 0.3) is 0 Å². The predicted octanol–water partition coefficient (Wildman–Crippen LogP) is 4.23. The van der Waals surface area contributed by atoms with Gasteiger partial charge in [0.1, 0.15) is 11.6 Å². The summed E-state index contributed by atoms with van der Waals surface area (Å²) in [4.78, 5) is 6.75. The second-order valence-electron chi connectivity index (χ2n) is 6.04. The monoisotopic (exact) mass is 321 g/mol. The zero-order valence-corrected chi connectivity index (χ0v) is 14.2. The lowest BCUT2D eigenvalue weighted by atomic mass is 10.1. The molecule has 0 radical (unpaired) electrons.